The van der Waals surface area contributed by atoms with Gasteiger partial charge in [0.2, 0.25) is 5.91 Å². The molecule has 1 saturated heterocycles. The highest BCUT2D eigenvalue weighted by Gasteiger charge is 2.52. The lowest BCUT2D eigenvalue weighted by molar-refractivity contribution is -0.127. The second-order valence-corrected chi connectivity index (χ2v) is 6.30. The van der Waals surface area contributed by atoms with Gasteiger partial charge in [0.25, 0.3) is 5.91 Å². The van der Waals surface area contributed by atoms with Crippen LogP contribution in [0.3, 0.4) is 0 Å². The van der Waals surface area contributed by atoms with Crippen molar-refractivity contribution >= 4 is 11.8 Å². The SMILES string of the molecule is C#CCNC(=O)C1COC2(CCCCC2)N1C(=O)c1ccccc1. The average Bonchev–Trinajstić information content (AvgIpc) is 2.99. The van der Waals surface area contributed by atoms with Gasteiger partial charge in [0, 0.05) is 5.56 Å². The zero-order chi connectivity index (χ0) is 17.0. The van der Waals surface area contributed by atoms with Crippen molar-refractivity contribution in [2.24, 2.45) is 0 Å². The molecule has 1 N–H and O–H groups in total. The molecular weight excluding hydrogens is 304 g/mol. The number of hydrogen-bond donors (Lipinski definition) is 1. The highest BCUT2D eigenvalue weighted by atomic mass is 16.5. The summed E-state index contributed by atoms with van der Waals surface area (Å²) in [5.41, 5.74) is -0.0914. The van der Waals surface area contributed by atoms with Crippen LogP contribution in [0.25, 0.3) is 0 Å². The molecule has 2 fully saturated rings. The van der Waals surface area contributed by atoms with Crippen LogP contribution in [0.15, 0.2) is 30.3 Å². The number of benzene rings is 1. The van der Waals surface area contributed by atoms with E-state index in [4.69, 9.17) is 11.2 Å². The summed E-state index contributed by atoms with van der Waals surface area (Å²) in [6.07, 6.45) is 9.88. The average molecular weight is 326 g/mol. The Hall–Kier alpha value is -2.32. The van der Waals surface area contributed by atoms with Gasteiger partial charge in [-0.15, -0.1) is 6.42 Å². The third-order valence-corrected chi connectivity index (χ3v) is 4.80. The lowest BCUT2D eigenvalue weighted by Gasteiger charge is -2.41. The van der Waals surface area contributed by atoms with Gasteiger partial charge >= 0.3 is 0 Å². The fourth-order valence-corrected chi connectivity index (χ4v) is 3.65. The zero-order valence-corrected chi connectivity index (χ0v) is 13.7. The van der Waals surface area contributed by atoms with Crippen molar-refractivity contribution in [1.29, 1.82) is 0 Å². The molecule has 1 aromatic carbocycles. The molecule has 1 atom stereocenters. The first-order valence-corrected chi connectivity index (χ1v) is 8.42. The molecule has 5 heteroatoms. The molecule has 2 amide bonds. The number of ether oxygens (including phenoxy) is 1. The van der Waals surface area contributed by atoms with Gasteiger partial charge in [-0.1, -0.05) is 30.5 Å². The fraction of sp³-hybridized carbons (Fsp3) is 0.474. The van der Waals surface area contributed by atoms with E-state index in [0.717, 1.165) is 32.1 Å². The van der Waals surface area contributed by atoms with Crippen LogP contribution >= 0.6 is 0 Å². The van der Waals surface area contributed by atoms with E-state index in [0.29, 0.717) is 5.56 Å². The highest BCUT2D eigenvalue weighted by Crippen LogP contribution is 2.41. The minimum Gasteiger partial charge on any atom is -0.353 e. The molecule has 1 aliphatic heterocycles. The molecule has 0 radical (unpaired) electrons. The van der Waals surface area contributed by atoms with Crippen LogP contribution in [0.5, 0.6) is 0 Å². The Balaban J connectivity index is 1.91. The highest BCUT2D eigenvalue weighted by molar-refractivity contribution is 5.98. The number of nitrogens with one attached hydrogen (secondary N) is 1. The number of amides is 2. The van der Waals surface area contributed by atoms with Crippen molar-refractivity contribution in [2.75, 3.05) is 13.2 Å². The summed E-state index contributed by atoms with van der Waals surface area (Å²) in [5.74, 6) is 1.99. The van der Waals surface area contributed by atoms with E-state index >= 15 is 0 Å². The summed E-state index contributed by atoms with van der Waals surface area (Å²) >= 11 is 0. The number of carbonyl (C=O) groups is 2. The number of nitrogens with zero attached hydrogens (tertiary/aromatic N) is 1. The third kappa shape index (κ3) is 3.02. The van der Waals surface area contributed by atoms with Gasteiger partial charge in [-0.25, -0.2) is 0 Å². The van der Waals surface area contributed by atoms with Crippen molar-refractivity contribution < 1.29 is 14.3 Å². The Morgan fingerprint density at radius 1 is 1.25 bits per heavy atom. The first-order chi connectivity index (χ1) is 11.7. The summed E-state index contributed by atoms with van der Waals surface area (Å²) in [7, 11) is 0. The molecule has 3 rings (SSSR count). The number of rotatable bonds is 3. The standard InChI is InChI=1S/C19H22N2O3/c1-2-13-20-17(22)16-14-24-19(11-7-4-8-12-19)21(16)18(23)15-9-5-3-6-10-15/h1,3,5-6,9-10,16H,4,7-8,11-14H2,(H,20,22). The van der Waals surface area contributed by atoms with Crippen LogP contribution in [0.1, 0.15) is 42.5 Å². The molecule has 1 spiro atoms. The molecule has 5 nitrogen and oxygen atoms in total. The summed E-state index contributed by atoms with van der Waals surface area (Å²) < 4.78 is 6.04. The topological polar surface area (TPSA) is 58.6 Å². The molecule has 1 aliphatic carbocycles. The van der Waals surface area contributed by atoms with Crippen molar-refractivity contribution in [1.82, 2.24) is 10.2 Å². The first kappa shape index (κ1) is 16.5. The maximum atomic E-state index is 13.1. The zero-order valence-electron chi connectivity index (χ0n) is 13.7. The van der Waals surface area contributed by atoms with Crippen molar-refractivity contribution in [2.45, 2.75) is 43.9 Å². The maximum Gasteiger partial charge on any atom is 0.256 e. The molecule has 1 heterocycles. The summed E-state index contributed by atoms with van der Waals surface area (Å²) in [4.78, 5) is 27.3. The van der Waals surface area contributed by atoms with E-state index in [1.54, 1.807) is 17.0 Å². The molecule has 2 aliphatic rings. The molecule has 1 unspecified atom stereocenters. The van der Waals surface area contributed by atoms with Gasteiger partial charge in [0.1, 0.15) is 11.8 Å². The summed E-state index contributed by atoms with van der Waals surface area (Å²) in [6, 6.07) is 8.42. The Labute approximate surface area is 142 Å². The van der Waals surface area contributed by atoms with E-state index in [-0.39, 0.29) is 25.0 Å². The maximum absolute atomic E-state index is 13.1. The monoisotopic (exact) mass is 326 g/mol. The molecule has 1 saturated carbocycles. The fourth-order valence-electron chi connectivity index (χ4n) is 3.65. The Morgan fingerprint density at radius 3 is 2.62 bits per heavy atom. The van der Waals surface area contributed by atoms with Crippen LogP contribution in [0.2, 0.25) is 0 Å². The van der Waals surface area contributed by atoms with Crippen molar-refractivity contribution in [3.8, 4) is 12.3 Å². The van der Waals surface area contributed by atoms with Crippen LogP contribution in [-0.2, 0) is 9.53 Å². The van der Waals surface area contributed by atoms with Crippen LogP contribution < -0.4 is 5.32 Å². The van der Waals surface area contributed by atoms with Gasteiger partial charge in [0.05, 0.1) is 13.2 Å². The van der Waals surface area contributed by atoms with Gasteiger partial charge in [-0.05, 0) is 37.8 Å². The molecule has 0 bridgehead atoms. The third-order valence-electron chi connectivity index (χ3n) is 4.80. The minimum absolute atomic E-state index is 0.149. The number of carbonyl (C=O) groups excluding carboxylic acids is 2. The molecule has 126 valence electrons. The molecule has 24 heavy (non-hydrogen) atoms. The van der Waals surface area contributed by atoms with Crippen molar-refractivity contribution in [3.63, 3.8) is 0 Å². The number of hydrogen-bond acceptors (Lipinski definition) is 3. The van der Waals surface area contributed by atoms with Crippen molar-refractivity contribution in [3.05, 3.63) is 35.9 Å². The predicted octanol–water partition coefficient (Wildman–Crippen LogP) is 1.94. The Morgan fingerprint density at radius 2 is 1.96 bits per heavy atom. The minimum atomic E-state index is -0.663. The lowest BCUT2D eigenvalue weighted by atomic mass is 9.89. The Kier molecular flexibility index (Phi) is 4.86. The van der Waals surface area contributed by atoms with Gasteiger partial charge in [0.15, 0.2) is 0 Å². The van der Waals surface area contributed by atoms with E-state index in [2.05, 4.69) is 11.2 Å². The second kappa shape index (κ2) is 7.06. The van der Waals surface area contributed by atoms with E-state index in [9.17, 15) is 9.59 Å². The van der Waals surface area contributed by atoms with Gasteiger partial charge in [-0.2, -0.15) is 0 Å². The van der Waals surface area contributed by atoms with Gasteiger partial charge in [-0.3, -0.25) is 14.5 Å². The smallest absolute Gasteiger partial charge is 0.256 e. The quantitative estimate of drug-likeness (QED) is 0.864. The van der Waals surface area contributed by atoms with Crippen LogP contribution in [0.4, 0.5) is 0 Å². The van der Waals surface area contributed by atoms with E-state index in [1.807, 2.05) is 18.2 Å². The molecule has 1 aromatic rings. The van der Waals surface area contributed by atoms with Crippen LogP contribution in [-0.4, -0.2) is 41.6 Å². The number of terminal acetylenes is 1. The normalized spacial score (nSPS) is 22.1. The summed E-state index contributed by atoms with van der Waals surface area (Å²) in [6.45, 7) is 0.366. The Bertz CT molecular complexity index is 644. The van der Waals surface area contributed by atoms with Crippen LogP contribution in [0, 0.1) is 12.3 Å². The second-order valence-electron chi connectivity index (χ2n) is 6.30. The van der Waals surface area contributed by atoms with E-state index in [1.165, 1.54) is 0 Å². The summed E-state index contributed by atoms with van der Waals surface area (Å²) in [5, 5.41) is 2.68. The molecule has 0 aromatic heterocycles. The largest absolute Gasteiger partial charge is 0.353 e. The van der Waals surface area contributed by atoms with E-state index < -0.39 is 11.8 Å². The molecular formula is C19H22N2O3. The lowest BCUT2D eigenvalue weighted by Crippen LogP contribution is -2.56. The first-order valence-electron chi connectivity index (χ1n) is 8.42. The van der Waals surface area contributed by atoms with Gasteiger partial charge < -0.3 is 10.1 Å². The predicted molar refractivity (Wildman–Crippen MR) is 90.0 cm³/mol.